The lowest BCUT2D eigenvalue weighted by Gasteiger charge is -2.04. The van der Waals surface area contributed by atoms with E-state index in [2.05, 4.69) is 15.3 Å². The number of carbonyl (C=O) groups excluding carboxylic acids is 1. The third-order valence-electron chi connectivity index (χ3n) is 2.08. The summed E-state index contributed by atoms with van der Waals surface area (Å²) in [5.41, 5.74) is 1.14. The highest BCUT2D eigenvalue weighted by Gasteiger charge is 2.08. The average molecular weight is 248 g/mol. The molecule has 0 atom stereocenters. The third-order valence-corrected chi connectivity index (χ3v) is 2.29. The minimum atomic E-state index is -0.302. The summed E-state index contributed by atoms with van der Waals surface area (Å²) in [7, 11) is 0. The number of amides is 1. The normalized spacial score (nSPS) is 10.0. The summed E-state index contributed by atoms with van der Waals surface area (Å²) < 4.78 is 0. The van der Waals surface area contributed by atoms with Gasteiger partial charge in [0.15, 0.2) is 0 Å². The molecule has 1 amide bonds. The zero-order valence-corrected chi connectivity index (χ0v) is 9.90. The number of hydrogen-bond donors (Lipinski definition) is 1. The molecule has 0 fully saturated rings. The molecule has 0 unspecified atom stereocenters. The van der Waals surface area contributed by atoms with Crippen molar-refractivity contribution in [1.82, 2.24) is 9.97 Å². The highest BCUT2D eigenvalue weighted by atomic mass is 35.5. The van der Waals surface area contributed by atoms with Crippen LogP contribution < -0.4 is 5.32 Å². The van der Waals surface area contributed by atoms with E-state index >= 15 is 0 Å². The molecule has 0 radical (unpaired) electrons. The van der Waals surface area contributed by atoms with Crippen LogP contribution in [0.1, 0.15) is 16.2 Å². The standard InChI is InChI=1S/C12H10ClN3O/c1-8-4-2-5-9(14-8)12(17)16-11-7-3-6-10(13)15-11/h2-7H,1H3,(H,15,16,17). The van der Waals surface area contributed by atoms with Crippen molar-refractivity contribution >= 4 is 23.3 Å². The van der Waals surface area contributed by atoms with Gasteiger partial charge in [0.05, 0.1) is 0 Å². The van der Waals surface area contributed by atoms with Gasteiger partial charge in [-0.15, -0.1) is 0 Å². The number of nitrogens with one attached hydrogen (secondary N) is 1. The smallest absolute Gasteiger partial charge is 0.275 e. The number of hydrogen-bond acceptors (Lipinski definition) is 3. The largest absolute Gasteiger partial charge is 0.305 e. The van der Waals surface area contributed by atoms with Gasteiger partial charge >= 0.3 is 0 Å². The fourth-order valence-electron chi connectivity index (χ4n) is 1.33. The molecule has 86 valence electrons. The van der Waals surface area contributed by atoms with Crippen LogP contribution in [0, 0.1) is 6.92 Å². The Morgan fingerprint density at radius 2 is 1.94 bits per heavy atom. The molecule has 1 N–H and O–H groups in total. The Morgan fingerprint density at radius 1 is 1.18 bits per heavy atom. The molecule has 0 saturated heterocycles. The summed E-state index contributed by atoms with van der Waals surface area (Å²) in [6.07, 6.45) is 0. The number of aromatic nitrogens is 2. The molecule has 0 spiro atoms. The van der Waals surface area contributed by atoms with Gasteiger partial charge in [0.2, 0.25) is 0 Å². The Labute approximate surface area is 104 Å². The van der Waals surface area contributed by atoms with Gasteiger partial charge < -0.3 is 5.32 Å². The molecule has 5 heteroatoms. The Morgan fingerprint density at radius 3 is 2.65 bits per heavy atom. The van der Waals surface area contributed by atoms with E-state index in [-0.39, 0.29) is 5.91 Å². The molecule has 0 saturated carbocycles. The fraction of sp³-hybridized carbons (Fsp3) is 0.0833. The summed E-state index contributed by atoms with van der Waals surface area (Å²) in [6, 6.07) is 10.3. The highest BCUT2D eigenvalue weighted by molar-refractivity contribution is 6.29. The van der Waals surface area contributed by atoms with Crippen LogP contribution in [-0.2, 0) is 0 Å². The summed E-state index contributed by atoms with van der Waals surface area (Å²) in [5, 5.41) is 2.96. The Kier molecular flexibility index (Phi) is 3.35. The van der Waals surface area contributed by atoms with Gasteiger partial charge in [-0.05, 0) is 31.2 Å². The van der Waals surface area contributed by atoms with Crippen molar-refractivity contribution in [3.63, 3.8) is 0 Å². The van der Waals surface area contributed by atoms with Crippen molar-refractivity contribution in [2.75, 3.05) is 5.32 Å². The second kappa shape index (κ2) is 4.93. The number of pyridine rings is 2. The molecule has 17 heavy (non-hydrogen) atoms. The van der Waals surface area contributed by atoms with Gasteiger partial charge in [-0.25, -0.2) is 9.97 Å². The average Bonchev–Trinajstić information content (AvgIpc) is 2.29. The fourth-order valence-corrected chi connectivity index (χ4v) is 1.49. The maximum absolute atomic E-state index is 11.8. The minimum absolute atomic E-state index is 0.302. The van der Waals surface area contributed by atoms with Crippen molar-refractivity contribution < 1.29 is 4.79 Å². The zero-order chi connectivity index (χ0) is 12.3. The summed E-state index contributed by atoms with van der Waals surface area (Å²) >= 11 is 5.72. The van der Waals surface area contributed by atoms with Crippen molar-refractivity contribution in [3.05, 3.63) is 52.9 Å². The zero-order valence-electron chi connectivity index (χ0n) is 9.14. The van der Waals surface area contributed by atoms with E-state index in [4.69, 9.17) is 11.6 Å². The van der Waals surface area contributed by atoms with Crippen molar-refractivity contribution in [2.45, 2.75) is 6.92 Å². The van der Waals surface area contributed by atoms with Crippen LogP contribution in [0.3, 0.4) is 0 Å². The number of halogens is 1. The SMILES string of the molecule is Cc1cccc(C(=O)Nc2cccc(Cl)n2)n1. The lowest BCUT2D eigenvalue weighted by atomic mass is 10.3. The van der Waals surface area contributed by atoms with Gasteiger partial charge in [-0.1, -0.05) is 23.7 Å². The van der Waals surface area contributed by atoms with E-state index in [1.807, 2.05) is 13.0 Å². The van der Waals surface area contributed by atoms with Gasteiger partial charge in [0.25, 0.3) is 5.91 Å². The number of carbonyl (C=O) groups is 1. The first-order valence-electron chi connectivity index (χ1n) is 5.03. The minimum Gasteiger partial charge on any atom is -0.305 e. The molecule has 0 aromatic carbocycles. The molecule has 2 aromatic heterocycles. The first-order chi connectivity index (χ1) is 8.15. The first-order valence-corrected chi connectivity index (χ1v) is 5.40. The van der Waals surface area contributed by atoms with Crippen LogP contribution in [0.2, 0.25) is 5.15 Å². The lowest BCUT2D eigenvalue weighted by Crippen LogP contribution is -2.14. The molecule has 0 aliphatic heterocycles. The van der Waals surface area contributed by atoms with E-state index in [1.165, 1.54) is 0 Å². The third kappa shape index (κ3) is 3.01. The number of anilines is 1. The van der Waals surface area contributed by atoms with Crippen LogP contribution in [0.5, 0.6) is 0 Å². The predicted molar refractivity (Wildman–Crippen MR) is 66.2 cm³/mol. The van der Waals surface area contributed by atoms with Crippen molar-refractivity contribution in [3.8, 4) is 0 Å². The molecule has 2 heterocycles. The summed E-state index contributed by atoms with van der Waals surface area (Å²) in [6.45, 7) is 1.83. The van der Waals surface area contributed by atoms with Crippen LogP contribution in [-0.4, -0.2) is 15.9 Å². The number of nitrogens with zero attached hydrogens (tertiary/aromatic N) is 2. The van der Waals surface area contributed by atoms with Crippen LogP contribution in [0.4, 0.5) is 5.82 Å². The molecular formula is C12H10ClN3O. The van der Waals surface area contributed by atoms with E-state index in [0.717, 1.165) is 5.69 Å². The monoisotopic (exact) mass is 247 g/mol. The quantitative estimate of drug-likeness (QED) is 0.830. The molecule has 0 aliphatic rings. The molecular weight excluding hydrogens is 238 g/mol. The van der Waals surface area contributed by atoms with Crippen LogP contribution in [0.25, 0.3) is 0 Å². The topological polar surface area (TPSA) is 54.9 Å². The van der Waals surface area contributed by atoms with Gasteiger partial charge in [-0.2, -0.15) is 0 Å². The van der Waals surface area contributed by atoms with Crippen LogP contribution >= 0.6 is 11.6 Å². The van der Waals surface area contributed by atoms with E-state index in [0.29, 0.717) is 16.7 Å². The second-order valence-corrected chi connectivity index (χ2v) is 3.85. The maximum Gasteiger partial charge on any atom is 0.275 e. The van der Waals surface area contributed by atoms with Crippen molar-refractivity contribution in [1.29, 1.82) is 0 Å². The molecule has 2 rings (SSSR count). The molecule has 4 nitrogen and oxygen atoms in total. The maximum atomic E-state index is 11.8. The molecule has 0 aliphatic carbocycles. The van der Waals surface area contributed by atoms with E-state index in [1.54, 1.807) is 30.3 Å². The summed E-state index contributed by atoms with van der Waals surface area (Å²) in [4.78, 5) is 19.9. The highest BCUT2D eigenvalue weighted by Crippen LogP contribution is 2.10. The Balaban J connectivity index is 2.17. The Hall–Kier alpha value is -1.94. The van der Waals surface area contributed by atoms with Gasteiger partial charge in [0, 0.05) is 5.69 Å². The second-order valence-electron chi connectivity index (χ2n) is 3.46. The summed E-state index contributed by atoms with van der Waals surface area (Å²) in [5.74, 6) is 0.106. The number of rotatable bonds is 2. The predicted octanol–water partition coefficient (Wildman–Crippen LogP) is 2.69. The van der Waals surface area contributed by atoms with E-state index in [9.17, 15) is 4.79 Å². The molecule has 2 aromatic rings. The first kappa shape index (κ1) is 11.5. The van der Waals surface area contributed by atoms with E-state index < -0.39 is 0 Å². The van der Waals surface area contributed by atoms with Crippen LogP contribution in [0.15, 0.2) is 36.4 Å². The Bertz CT molecular complexity index is 557. The van der Waals surface area contributed by atoms with Gasteiger partial charge in [-0.3, -0.25) is 4.79 Å². The van der Waals surface area contributed by atoms with Crippen molar-refractivity contribution in [2.24, 2.45) is 0 Å². The van der Waals surface area contributed by atoms with Gasteiger partial charge in [0.1, 0.15) is 16.7 Å². The molecule has 0 bridgehead atoms. The lowest BCUT2D eigenvalue weighted by molar-refractivity contribution is 0.102. The number of aryl methyl sites for hydroxylation is 1.